The second-order valence-corrected chi connectivity index (χ2v) is 5.55. The topological polar surface area (TPSA) is 64.3 Å². The van der Waals surface area contributed by atoms with E-state index in [9.17, 15) is 4.79 Å². The number of hydrogen-bond acceptors (Lipinski definition) is 4. The number of carbonyl (C=O) groups is 1. The van der Waals surface area contributed by atoms with Crippen molar-refractivity contribution in [2.75, 3.05) is 25.1 Å². The molecule has 0 bridgehead atoms. The molecule has 1 amide bonds. The van der Waals surface area contributed by atoms with Gasteiger partial charge in [-0.25, -0.2) is 0 Å². The lowest BCUT2D eigenvalue weighted by molar-refractivity contribution is 0.0953. The molecule has 1 unspecified atom stereocenters. The summed E-state index contributed by atoms with van der Waals surface area (Å²) >= 11 is 1.79. The first-order valence-corrected chi connectivity index (χ1v) is 7.70. The number of rotatable bonds is 7. The van der Waals surface area contributed by atoms with Crippen LogP contribution in [0.2, 0.25) is 0 Å². The van der Waals surface area contributed by atoms with Gasteiger partial charge in [0.2, 0.25) is 0 Å². The van der Waals surface area contributed by atoms with Crippen molar-refractivity contribution >= 4 is 23.4 Å². The zero-order valence-corrected chi connectivity index (χ0v) is 12.5. The highest BCUT2D eigenvalue weighted by molar-refractivity contribution is 7.99. The number of benzene rings is 1. The Morgan fingerprint density at radius 1 is 1.53 bits per heavy atom. The van der Waals surface area contributed by atoms with E-state index in [0.717, 1.165) is 6.42 Å². The van der Waals surface area contributed by atoms with Gasteiger partial charge in [0.05, 0.1) is 12.3 Å². The molecule has 0 aliphatic carbocycles. The maximum Gasteiger partial charge on any atom is 0.251 e. The van der Waals surface area contributed by atoms with Gasteiger partial charge in [-0.2, -0.15) is 11.8 Å². The van der Waals surface area contributed by atoms with Gasteiger partial charge in [0.15, 0.2) is 0 Å². The van der Waals surface area contributed by atoms with Crippen LogP contribution >= 0.6 is 11.8 Å². The molecule has 0 aromatic heterocycles. The monoisotopic (exact) mass is 282 g/mol. The predicted octanol–water partition coefficient (Wildman–Crippen LogP) is 2.54. The van der Waals surface area contributed by atoms with Crippen LogP contribution in [0.15, 0.2) is 18.2 Å². The van der Waals surface area contributed by atoms with Crippen molar-refractivity contribution in [2.24, 2.45) is 0 Å². The Balaban J connectivity index is 2.55. The van der Waals surface area contributed by atoms with E-state index in [1.54, 1.807) is 30.0 Å². The summed E-state index contributed by atoms with van der Waals surface area (Å²) in [5.41, 5.74) is 6.90. The number of thioether (sulfide) groups is 1. The first-order valence-electron chi connectivity index (χ1n) is 6.41. The van der Waals surface area contributed by atoms with Crippen molar-refractivity contribution in [3.8, 4) is 5.75 Å². The third-order valence-electron chi connectivity index (χ3n) is 2.81. The minimum absolute atomic E-state index is 0.0944. The molecule has 0 heterocycles. The number of nitrogens with two attached hydrogens (primary N) is 1. The Hall–Kier alpha value is -1.36. The van der Waals surface area contributed by atoms with Gasteiger partial charge in [-0.15, -0.1) is 0 Å². The number of nitrogen functional groups attached to an aromatic ring is 1. The van der Waals surface area contributed by atoms with Crippen LogP contribution in [0.1, 0.15) is 30.6 Å². The fraction of sp³-hybridized carbons (Fsp3) is 0.500. The van der Waals surface area contributed by atoms with E-state index < -0.39 is 0 Å². The minimum atomic E-state index is -0.0944. The van der Waals surface area contributed by atoms with Crippen LogP contribution < -0.4 is 15.8 Å². The second kappa shape index (κ2) is 7.94. The summed E-state index contributed by atoms with van der Waals surface area (Å²) < 4.78 is 5.34. The van der Waals surface area contributed by atoms with Crippen LogP contribution in [-0.2, 0) is 0 Å². The molecule has 0 saturated heterocycles. The largest absolute Gasteiger partial charge is 0.492 e. The van der Waals surface area contributed by atoms with Crippen LogP contribution in [0, 0.1) is 0 Å². The molecule has 0 fully saturated rings. The van der Waals surface area contributed by atoms with Crippen molar-refractivity contribution in [1.82, 2.24) is 5.32 Å². The molecule has 0 aliphatic rings. The van der Waals surface area contributed by atoms with E-state index >= 15 is 0 Å². The lowest BCUT2D eigenvalue weighted by atomic mass is 10.1. The molecule has 1 aromatic carbocycles. The molecule has 1 rings (SSSR count). The number of carbonyl (C=O) groups excluding carboxylic acids is 1. The number of anilines is 1. The smallest absolute Gasteiger partial charge is 0.251 e. The average molecular weight is 282 g/mol. The van der Waals surface area contributed by atoms with Gasteiger partial charge in [0, 0.05) is 17.4 Å². The molecule has 0 saturated carbocycles. The van der Waals surface area contributed by atoms with Crippen LogP contribution in [0.4, 0.5) is 5.69 Å². The first-order chi connectivity index (χ1) is 9.08. The Morgan fingerprint density at radius 3 is 2.84 bits per heavy atom. The zero-order chi connectivity index (χ0) is 14.3. The van der Waals surface area contributed by atoms with E-state index in [2.05, 4.69) is 18.5 Å². The number of amides is 1. The van der Waals surface area contributed by atoms with Crippen molar-refractivity contribution in [3.05, 3.63) is 23.8 Å². The molecule has 3 N–H and O–H groups in total. The summed E-state index contributed by atoms with van der Waals surface area (Å²) in [7, 11) is 0. The van der Waals surface area contributed by atoms with Crippen molar-refractivity contribution in [3.63, 3.8) is 0 Å². The van der Waals surface area contributed by atoms with Gasteiger partial charge in [-0.3, -0.25) is 4.79 Å². The van der Waals surface area contributed by atoms with Crippen LogP contribution in [-0.4, -0.2) is 30.6 Å². The lowest BCUT2D eigenvalue weighted by Crippen LogP contribution is -2.26. The van der Waals surface area contributed by atoms with Gasteiger partial charge in [0.1, 0.15) is 5.75 Å². The molecular weight excluding hydrogens is 260 g/mol. The molecule has 1 aromatic rings. The summed E-state index contributed by atoms with van der Waals surface area (Å²) in [4.78, 5) is 11.9. The quantitative estimate of drug-likeness (QED) is 0.754. The number of hydrogen-bond donors (Lipinski definition) is 2. The molecule has 0 aliphatic heterocycles. The summed E-state index contributed by atoms with van der Waals surface area (Å²) in [6.07, 6.45) is 3.03. The van der Waals surface area contributed by atoms with E-state index in [4.69, 9.17) is 10.5 Å². The van der Waals surface area contributed by atoms with Gasteiger partial charge in [-0.05, 0) is 37.8 Å². The lowest BCUT2D eigenvalue weighted by Gasteiger charge is -2.11. The third kappa shape index (κ3) is 5.03. The van der Waals surface area contributed by atoms with Gasteiger partial charge in [-0.1, -0.05) is 6.92 Å². The second-order valence-electron chi connectivity index (χ2n) is 4.28. The summed E-state index contributed by atoms with van der Waals surface area (Å²) in [6, 6.07) is 5.12. The first kappa shape index (κ1) is 15.7. The highest BCUT2D eigenvalue weighted by Gasteiger charge is 2.09. The molecule has 0 radical (unpaired) electrons. The molecule has 4 nitrogen and oxygen atoms in total. The molecule has 5 heteroatoms. The fourth-order valence-electron chi connectivity index (χ4n) is 1.59. The molecule has 1 atom stereocenters. The van der Waals surface area contributed by atoms with E-state index in [0.29, 0.717) is 35.4 Å². The van der Waals surface area contributed by atoms with E-state index in [1.165, 1.54) is 0 Å². The van der Waals surface area contributed by atoms with E-state index in [-0.39, 0.29) is 5.91 Å². The third-order valence-corrected chi connectivity index (χ3v) is 3.85. The van der Waals surface area contributed by atoms with Crippen molar-refractivity contribution in [1.29, 1.82) is 0 Å². The van der Waals surface area contributed by atoms with Crippen molar-refractivity contribution < 1.29 is 9.53 Å². The SMILES string of the molecule is CCOc1ccc(C(=O)NCCC(C)SC)cc1N. The highest BCUT2D eigenvalue weighted by atomic mass is 32.2. The van der Waals surface area contributed by atoms with E-state index in [1.807, 2.05) is 6.92 Å². The van der Waals surface area contributed by atoms with Crippen LogP contribution in [0.25, 0.3) is 0 Å². The van der Waals surface area contributed by atoms with Crippen LogP contribution in [0.3, 0.4) is 0 Å². The fourth-order valence-corrected chi connectivity index (χ4v) is 1.94. The summed E-state index contributed by atoms with van der Waals surface area (Å²) in [5, 5.41) is 3.44. The van der Waals surface area contributed by atoms with Gasteiger partial charge in [0.25, 0.3) is 5.91 Å². The molecule has 106 valence electrons. The number of ether oxygens (including phenoxy) is 1. The molecular formula is C14H22N2O2S. The van der Waals surface area contributed by atoms with Gasteiger partial charge >= 0.3 is 0 Å². The Kier molecular flexibility index (Phi) is 6.56. The Bertz CT molecular complexity index is 424. The predicted molar refractivity (Wildman–Crippen MR) is 82.0 cm³/mol. The maximum atomic E-state index is 11.9. The van der Waals surface area contributed by atoms with Gasteiger partial charge < -0.3 is 15.8 Å². The average Bonchev–Trinajstić information content (AvgIpc) is 2.40. The minimum Gasteiger partial charge on any atom is -0.492 e. The Morgan fingerprint density at radius 2 is 2.26 bits per heavy atom. The maximum absolute atomic E-state index is 11.9. The normalized spacial score (nSPS) is 11.9. The summed E-state index contributed by atoms with van der Waals surface area (Å²) in [6.45, 7) is 5.27. The zero-order valence-electron chi connectivity index (χ0n) is 11.7. The summed E-state index contributed by atoms with van der Waals surface area (Å²) in [5.74, 6) is 0.526. The van der Waals surface area contributed by atoms with Crippen LogP contribution in [0.5, 0.6) is 5.75 Å². The number of nitrogens with one attached hydrogen (secondary N) is 1. The standard InChI is InChI=1S/C14H22N2O2S/c1-4-18-13-6-5-11(9-12(13)15)14(17)16-8-7-10(2)19-3/h5-6,9-10H,4,7-8,15H2,1-3H3,(H,16,17). The molecule has 19 heavy (non-hydrogen) atoms. The Labute approximate surface area is 119 Å². The highest BCUT2D eigenvalue weighted by Crippen LogP contribution is 2.22. The van der Waals surface area contributed by atoms with Crippen molar-refractivity contribution in [2.45, 2.75) is 25.5 Å². The molecule has 0 spiro atoms.